The minimum Gasteiger partial charge on any atom is -0.478 e. The highest BCUT2D eigenvalue weighted by atomic mass is 19.4. The minimum absolute atomic E-state index is 0.00497. The van der Waals surface area contributed by atoms with E-state index in [9.17, 15) is 22.8 Å². The first-order chi connectivity index (χ1) is 13.0. The van der Waals surface area contributed by atoms with Crippen molar-refractivity contribution in [2.45, 2.75) is 12.6 Å². The molecule has 0 radical (unpaired) electrons. The van der Waals surface area contributed by atoms with Gasteiger partial charge in [0.25, 0.3) is 0 Å². The van der Waals surface area contributed by atoms with Crippen molar-refractivity contribution in [1.82, 2.24) is 4.98 Å². The number of alkyl halides is 3. The molecule has 1 aromatic heterocycles. The van der Waals surface area contributed by atoms with Crippen LogP contribution in [0.2, 0.25) is 0 Å². The van der Waals surface area contributed by atoms with Gasteiger partial charge in [-0.3, -0.25) is 0 Å². The third-order valence-electron chi connectivity index (χ3n) is 2.33. The predicted octanol–water partition coefficient (Wildman–Crippen LogP) is 0.843. The van der Waals surface area contributed by atoms with E-state index in [4.69, 9.17) is 25.8 Å². The molecule has 0 amide bonds. The summed E-state index contributed by atoms with van der Waals surface area (Å²) in [6.07, 6.45) is -2.84. The van der Waals surface area contributed by atoms with E-state index in [1.165, 1.54) is 6.07 Å². The Kier molecular flexibility index (Phi) is 11.4. The third kappa shape index (κ3) is 14.9. The second-order valence-electron chi connectivity index (χ2n) is 4.74. The fourth-order valence-electron chi connectivity index (χ4n) is 1.29. The number of hydrogen-bond donors (Lipinski definition) is 5. The molecule has 0 saturated heterocycles. The smallest absolute Gasteiger partial charge is 0.408 e. The Labute approximate surface area is 157 Å². The topological polar surface area (TPSA) is 167 Å². The first kappa shape index (κ1) is 24.7. The number of carboxylic acid groups (broad SMARTS) is 2. The summed E-state index contributed by atoms with van der Waals surface area (Å²) in [6.45, 7) is -1.09. The van der Waals surface area contributed by atoms with Crippen molar-refractivity contribution in [3.63, 3.8) is 0 Å². The number of ether oxygens (including phenoxy) is 1. The Hall–Kier alpha value is -3.35. The van der Waals surface area contributed by atoms with Crippen molar-refractivity contribution in [2.75, 3.05) is 25.1 Å². The van der Waals surface area contributed by atoms with Gasteiger partial charge in [0.15, 0.2) is 5.96 Å². The van der Waals surface area contributed by atoms with E-state index in [0.717, 1.165) is 0 Å². The molecule has 28 heavy (non-hydrogen) atoms. The first-order valence-corrected chi connectivity index (χ1v) is 7.52. The highest BCUT2D eigenvalue weighted by Crippen LogP contribution is 2.15. The zero-order valence-corrected chi connectivity index (χ0v) is 14.4. The van der Waals surface area contributed by atoms with Crippen LogP contribution < -0.4 is 15.8 Å². The summed E-state index contributed by atoms with van der Waals surface area (Å²) in [5.74, 6) is -2.41. The number of nitrogens with two attached hydrogens (primary N) is 1. The van der Waals surface area contributed by atoms with Gasteiger partial charge in [-0.15, -0.1) is 0 Å². The number of carboxylic acids is 2. The number of anilines is 1. The molecule has 13 heteroatoms. The molecule has 0 aliphatic rings. The van der Waals surface area contributed by atoms with E-state index in [1.807, 2.05) is 0 Å². The largest absolute Gasteiger partial charge is 0.478 e. The van der Waals surface area contributed by atoms with Gasteiger partial charge >= 0.3 is 18.1 Å². The number of aliphatic hydroxyl groups is 1. The number of aliphatic hydroxyl groups excluding tert-OH is 1. The summed E-state index contributed by atoms with van der Waals surface area (Å²) < 4.78 is 41.0. The molecule has 10 nitrogen and oxygen atoms in total. The molecule has 1 rings (SSSR count). The van der Waals surface area contributed by atoms with Crippen molar-refractivity contribution in [3.8, 4) is 5.88 Å². The second kappa shape index (κ2) is 12.9. The van der Waals surface area contributed by atoms with Gasteiger partial charge in [-0.2, -0.15) is 18.2 Å². The van der Waals surface area contributed by atoms with Gasteiger partial charge < -0.3 is 31.1 Å². The minimum atomic E-state index is -4.41. The molecule has 0 fully saturated rings. The molecule has 6 N–H and O–H groups in total. The maximum atomic E-state index is 11.9. The van der Waals surface area contributed by atoms with Crippen LogP contribution in [0.25, 0.3) is 0 Å². The molecule has 0 bridgehead atoms. The molecular weight excluding hydrogens is 389 g/mol. The van der Waals surface area contributed by atoms with E-state index in [-0.39, 0.29) is 30.9 Å². The summed E-state index contributed by atoms with van der Waals surface area (Å²) in [5.41, 5.74) is 5.31. The number of aliphatic carboxylic acids is 2. The van der Waals surface area contributed by atoms with Gasteiger partial charge in [0.05, 0.1) is 6.61 Å². The summed E-state index contributed by atoms with van der Waals surface area (Å²) in [5, 5.41) is 26.7. The standard InChI is InChI=1S/C11H15F3N4O2.C4H4O4/c12-11(13,14)7-16-10(15)18-8-3-1-4-9(17-8)20-6-2-5-19;5-3(6)1-2-4(7)8/h1,3-4,19H,2,5-7H2,(H3,15,16,17,18);1-2H,(H,5,6)(H,7,8)/b;2-1-. The van der Waals surface area contributed by atoms with Crippen molar-refractivity contribution in [2.24, 2.45) is 10.7 Å². The highest BCUT2D eigenvalue weighted by Gasteiger charge is 2.26. The van der Waals surface area contributed by atoms with Gasteiger partial charge in [-0.1, -0.05) is 6.07 Å². The Morgan fingerprint density at radius 3 is 2.36 bits per heavy atom. The zero-order valence-electron chi connectivity index (χ0n) is 14.4. The Morgan fingerprint density at radius 2 is 1.86 bits per heavy atom. The molecule has 0 aromatic carbocycles. The molecular formula is C15H19F3N4O6. The Balaban J connectivity index is 0.000000769. The van der Waals surface area contributed by atoms with Crippen LogP contribution in [0.4, 0.5) is 19.0 Å². The number of nitrogens with zero attached hydrogens (tertiary/aromatic N) is 2. The van der Waals surface area contributed by atoms with E-state index in [1.54, 1.807) is 12.1 Å². The zero-order chi connectivity index (χ0) is 21.6. The molecule has 156 valence electrons. The number of aromatic nitrogens is 1. The van der Waals surface area contributed by atoms with Gasteiger partial charge in [-0.25, -0.2) is 14.6 Å². The van der Waals surface area contributed by atoms with Crippen molar-refractivity contribution < 1.29 is 42.8 Å². The van der Waals surface area contributed by atoms with Crippen LogP contribution in [0.5, 0.6) is 5.88 Å². The lowest BCUT2D eigenvalue weighted by atomic mass is 10.4. The number of aliphatic imine (C=N–C) groups is 1. The number of halogens is 3. The number of hydrogen-bond acceptors (Lipinski definition) is 6. The molecule has 0 aliphatic heterocycles. The van der Waals surface area contributed by atoms with Crippen LogP contribution >= 0.6 is 0 Å². The predicted molar refractivity (Wildman–Crippen MR) is 92.0 cm³/mol. The molecule has 1 heterocycles. The van der Waals surface area contributed by atoms with Crippen LogP contribution in [0, 0.1) is 0 Å². The fourth-order valence-corrected chi connectivity index (χ4v) is 1.29. The normalized spacial score (nSPS) is 11.5. The lowest BCUT2D eigenvalue weighted by Gasteiger charge is -2.08. The van der Waals surface area contributed by atoms with Crippen molar-refractivity contribution in [3.05, 3.63) is 30.4 Å². The molecule has 0 spiro atoms. The maximum Gasteiger partial charge on any atom is 0.408 e. The highest BCUT2D eigenvalue weighted by molar-refractivity contribution is 5.91. The average Bonchev–Trinajstić information content (AvgIpc) is 2.59. The Bertz CT molecular complexity index is 679. The SMILES string of the molecule is NC(=NCC(F)(F)F)Nc1cccc(OCCCO)n1.O=C(O)/C=C\C(=O)O. The monoisotopic (exact) mass is 408 g/mol. The second-order valence-corrected chi connectivity index (χ2v) is 4.74. The molecule has 0 aliphatic carbocycles. The van der Waals surface area contributed by atoms with E-state index in [2.05, 4.69) is 15.3 Å². The lowest BCUT2D eigenvalue weighted by Crippen LogP contribution is -2.26. The van der Waals surface area contributed by atoms with E-state index in [0.29, 0.717) is 18.6 Å². The number of guanidine groups is 1. The van der Waals surface area contributed by atoms with Crippen LogP contribution in [-0.2, 0) is 9.59 Å². The lowest BCUT2D eigenvalue weighted by molar-refractivity contribution is -0.134. The van der Waals surface area contributed by atoms with Gasteiger partial charge in [0, 0.05) is 31.2 Å². The molecule has 0 atom stereocenters. The van der Waals surface area contributed by atoms with Gasteiger partial charge in [-0.05, 0) is 6.07 Å². The number of pyridine rings is 1. The molecule has 0 saturated carbocycles. The summed E-state index contributed by atoms with van der Waals surface area (Å²) in [7, 11) is 0. The summed E-state index contributed by atoms with van der Waals surface area (Å²) in [4.78, 5) is 26.2. The molecule has 1 aromatic rings. The number of carbonyl (C=O) groups is 2. The van der Waals surface area contributed by atoms with Crippen molar-refractivity contribution >= 4 is 23.7 Å². The number of nitrogens with one attached hydrogen (secondary N) is 1. The summed E-state index contributed by atoms with van der Waals surface area (Å²) >= 11 is 0. The average molecular weight is 408 g/mol. The van der Waals surface area contributed by atoms with Crippen LogP contribution in [-0.4, -0.2) is 64.1 Å². The maximum absolute atomic E-state index is 11.9. The quantitative estimate of drug-likeness (QED) is 0.181. The van der Waals surface area contributed by atoms with Gasteiger partial charge in [0.1, 0.15) is 12.4 Å². The van der Waals surface area contributed by atoms with Crippen LogP contribution in [0.15, 0.2) is 35.3 Å². The summed E-state index contributed by atoms with van der Waals surface area (Å²) in [6, 6.07) is 4.68. The Morgan fingerprint density at radius 1 is 1.25 bits per heavy atom. The van der Waals surface area contributed by atoms with Crippen molar-refractivity contribution in [1.29, 1.82) is 0 Å². The fraction of sp³-hybridized carbons (Fsp3) is 0.333. The third-order valence-corrected chi connectivity index (χ3v) is 2.33. The van der Waals surface area contributed by atoms with Crippen LogP contribution in [0.3, 0.4) is 0 Å². The first-order valence-electron chi connectivity index (χ1n) is 7.52. The van der Waals surface area contributed by atoms with E-state index < -0.39 is 24.7 Å². The van der Waals surface area contributed by atoms with Crippen LogP contribution in [0.1, 0.15) is 6.42 Å². The van der Waals surface area contributed by atoms with Gasteiger partial charge in [0.2, 0.25) is 5.88 Å². The molecule has 0 unspecified atom stereocenters. The number of rotatable bonds is 8. The van der Waals surface area contributed by atoms with E-state index >= 15 is 0 Å².